The Kier molecular flexibility index (Phi) is 34.0. The minimum absolute atomic E-state index is 0.0171. The molecule has 1 heterocycles. The van der Waals surface area contributed by atoms with E-state index in [1.165, 1.54) is 142 Å². The SMILES string of the molecule is CCCCCCCCCOC(=O)CCCCCN(CCCCCC(=O)OC(CCCCCCCC)CCCCCCCC)CCN1CCCC1. The zero-order valence-corrected chi connectivity index (χ0v) is 34.0. The lowest BCUT2D eigenvalue weighted by Gasteiger charge is -2.25. The lowest BCUT2D eigenvalue weighted by molar-refractivity contribution is -0.150. The summed E-state index contributed by atoms with van der Waals surface area (Å²) in [4.78, 5) is 30.3. The first-order valence-corrected chi connectivity index (χ1v) is 22.4. The van der Waals surface area contributed by atoms with Gasteiger partial charge in [0.2, 0.25) is 0 Å². The first kappa shape index (κ1) is 46.9. The minimum Gasteiger partial charge on any atom is -0.466 e. The van der Waals surface area contributed by atoms with Gasteiger partial charge in [0.25, 0.3) is 0 Å². The van der Waals surface area contributed by atoms with Gasteiger partial charge in [-0.3, -0.25) is 9.59 Å². The number of carbonyl (C=O) groups excluding carboxylic acids is 2. The Morgan fingerprint density at radius 2 is 0.960 bits per heavy atom. The standard InChI is InChI=1S/C44H86N2O4/c1-4-7-10-13-16-19-30-41-49-43(47)33-24-20-26-35-45(39-40-46-37-28-29-38-46)36-27-21-25-34-44(48)50-42(31-22-17-14-11-8-5-2)32-23-18-15-12-9-6-3/h42H,4-41H2,1-3H3. The Bertz CT molecular complexity index is 726. The maximum Gasteiger partial charge on any atom is 0.306 e. The molecule has 0 bridgehead atoms. The van der Waals surface area contributed by atoms with Crippen molar-refractivity contribution in [3.05, 3.63) is 0 Å². The molecule has 1 saturated heterocycles. The van der Waals surface area contributed by atoms with Gasteiger partial charge < -0.3 is 19.3 Å². The summed E-state index contributed by atoms with van der Waals surface area (Å²) in [6.07, 6.45) is 36.5. The first-order valence-electron chi connectivity index (χ1n) is 22.4. The molecule has 0 spiro atoms. The van der Waals surface area contributed by atoms with Gasteiger partial charge >= 0.3 is 11.9 Å². The van der Waals surface area contributed by atoms with Gasteiger partial charge in [0.15, 0.2) is 0 Å². The molecular formula is C44H86N2O4. The van der Waals surface area contributed by atoms with Crippen molar-refractivity contribution in [1.82, 2.24) is 9.80 Å². The number of rotatable bonds is 38. The highest BCUT2D eigenvalue weighted by atomic mass is 16.5. The van der Waals surface area contributed by atoms with Crippen molar-refractivity contribution in [2.45, 2.75) is 226 Å². The highest BCUT2D eigenvalue weighted by molar-refractivity contribution is 5.69. The van der Waals surface area contributed by atoms with E-state index in [0.717, 1.165) is 84.0 Å². The molecule has 296 valence electrons. The molecule has 1 fully saturated rings. The molecule has 0 N–H and O–H groups in total. The van der Waals surface area contributed by atoms with E-state index in [1.54, 1.807) is 0 Å². The van der Waals surface area contributed by atoms with Gasteiger partial charge in [-0.1, -0.05) is 136 Å². The van der Waals surface area contributed by atoms with Crippen molar-refractivity contribution in [3.63, 3.8) is 0 Å². The molecule has 6 heteroatoms. The Labute approximate surface area is 311 Å². The highest BCUT2D eigenvalue weighted by Gasteiger charge is 2.16. The van der Waals surface area contributed by atoms with Gasteiger partial charge in [-0.15, -0.1) is 0 Å². The quantitative estimate of drug-likeness (QED) is 0.0470. The maximum atomic E-state index is 12.9. The molecule has 1 rings (SSSR count). The fourth-order valence-corrected chi connectivity index (χ4v) is 7.32. The van der Waals surface area contributed by atoms with E-state index in [2.05, 4.69) is 30.6 Å². The lowest BCUT2D eigenvalue weighted by atomic mass is 10.0. The van der Waals surface area contributed by atoms with Crippen LogP contribution in [0.5, 0.6) is 0 Å². The summed E-state index contributed by atoms with van der Waals surface area (Å²) in [6.45, 7) is 14.4. The number of nitrogens with zero attached hydrogens (tertiary/aromatic N) is 2. The van der Waals surface area contributed by atoms with Crippen LogP contribution in [0.2, 0.25) is 0 Å². The molecular weight excluding hydrogens is 620 g/mol. The van der Waals surface area contributed by atoms with Gasteiger partial charge in [-0.25, -0.2) is 0 Å². The molecule has 50 heavy (non-hydrogen) atoms. The Balaban J connectivity index is 2.29. The number of carbonyl (C=O) groups is 2. The van der Waals surface area contributed by atoms with E-state index in [-0.39, 0.29) is 18.0 Å². The molecule has 0 radical (unpaired) electrons. The van der Waals surface area contributed by atoms with Crippen molar-refractivity contribution in [1.29, 1.82) is 0 Å². The second kappa shape index (κ2) is 36.2. The van der Waals surface area contributed by atoms with Crippen LogP contribution in [0.4, 0.5) is 0 Å². The number of hydrogen-bond donors (Lipinski definition) is 0. The molecule has 0 unspecified atom stereocenters. The van der Waals surface area contributed by atoms with Gasteiger partial charge in [0.1, 0.15) is 6.10 Å². The van der Waals surface area contributed by atoms with Crippen LogP contribution in [0.1, 0.15) is 220 Å². The third-order valence-electron chi connectivity index (χ3n) is 10.7. The second-order valence-electron chi connectivity index (χ2n) is 15.6. The van der Waals surface area contributed by atoms with Gasteiger partial charge in [-0.2, -0.15) is 0 Å². The average molecular weight is 707 g/mol. The smallest absolute Gasteiger partial charge is 0.306 e. The molecule has 0 aliphatic carbocycles. The molecule has 0 saturated carbocycles. The number of hydrogen-bond acceptors (Lipinski definition) is 6. The van der Waals surface area contributed by atoms with E-state index in [9.17, 15) is 9.59 Å². The Hall–Kier alpha value is -1.14. The van der Waals surface area contributed by atoms with E-state index < -0.39 is 0 Å². The van der Waals surface area contributed by atoms with Crippen LogP contribution < -0.4 is 0 Å². The Morgan fingerprint density at radius 1 is 0.520 bits per heavy atom. The average Bonchev–Trinajstić information content (AvgIpc) is 3.64. The van der Waals surface area contributed by atoms with Crippen molar-refractivity contribution < 1.29 is 19.1 Å². The summed E-state index contributed by atoms with van der Waals surface area (Å²) in [7, 11) is 0. The third kappa shape index (κ3) is 30.5. The fourth-order valence-electron chi connectivity index (χ4n) is 7.32. The summed E-state index contributed by atoms with van der Waals surface area (Å²) in [5.41, 5.74) is 0. The molecule has 0 atom stereocenters. The van der Waals surface area contributed by atoms with E-state index in [0.29, 0.717) is 19.4 Å². The number of ether oxygens (including phenoxy) is 2. The van der Waals surface area contributed by atoms with Gasteiger partial charge in [-0.05, 0) is 96.8 Å². The van der Waals surface area contributed by atoms with Crippen molar-refractivity contribution >= 4 is 11.9 Å². The van der Waals surface area contributed by atoms with E-state index >= 15 is 0 Å². The van der Waals surface area contributed by atoms with Crippen LogP contribution in [0, 0.1) is 0 Å². The molecule has 0 aromatic heterocycles. The molecule has 6 nitrogen and oxygen atoms in total. The summed E-state index contributed by atoms with van der Waals surface area (Å²) >= 11 is 0. The summed E-state index contributed by atoms with van der Waals surface area (Å²) in [5.74, 6) is 0.00956. The van der Waals surface area contributed by atoms with Crippen molar-refractivity contribution in [2.24, 2.45) is 0 Å². The topological polar surface area (TPSA) is 59.1 Å². The second-order valence-corrected chi connectivity index (χ2v) is 15.6. The van der Waals surface area contributed by atoms with Crippen LogP contribution in [-0.4, -0.2) is 73.7 Å². The predicted octanol–water partition coefficient (Wildman–Crippen LogP) is 12.2. The van der Waals surface area contributed by atoms with Crippen LogP contribution >= 0.6 is 0 Å². The maximum absolute atomic E-state index is 12.9. The minimum atomic E-state index is -0.0171. The summed E-state index contributed by atoms with van der Waals surface area (Å²) in [6, 6.07) is 0. The summed E-state index contributed by atoms with van der Waals surface area (Å²) in [5, 5.41) is 0. The van der Waals surface area contributed by atoms with Gasteiger partial charge in [0.05, 0.1) is 6.61 Å². The zero-order valence-electron chi connectivity index (χ0n) is 34.0. The Morgan fingerprint density at radius 3 is 1.48 bits per heavy atom. The fraction of sp³-hybridized carbons (Fsp3) is 0.955. The highest BCUT2D eigenvalue weighted by Crippen LogP contribution is 2.18. The normalized spacial score (nSPS) is 13.5. The molecule has 0 aromatic carbocycles. The van der Waals surface area contributed by atoms with Gasteiger partial charge in [0, 0.05) is 25.9 Å². The monoisotopic (exact) mass is 707 g/mol. The third-order valence-corrected chi connectivity index (χ3v) is 10.7. The molecule has 0 aromatic rings. The molecule has 0 amide bonds. The predicted molar refractivity (Wildman–Crippen MR) is 214 cm³/mol. The van der Waals surface area contributed by atoms with Crippen molar-refractivity contribution in [2.75, 3.05) is 45.9 Å². The van der Waals surface area contributed by atoms with Crippen LogP contribution in [0.25, 0.3) is 0 Å². The van der Waals surface area contributed by atoms with E-state index in [4.69, 9.17) is 9.47 Å². The lowest BCUT2D eigenvalue weighted by Crippen LogP contribution is -2.35. The van der Waals surface area contributed by atoms with Crippen LogP contribution in [-0.2, 0) is 19.1 Å². The molecule has 1 aliphatic rings. The largest absolute Gasteiger partial charge is 0.466 e. The van der Waals surface area contributed by atoms with E-state index in [1.807, 2.05) is 0 Å². The molecule has 1 aliphatic heterocycles. The number of esters is 2. The zero-order chi connectivity index (χ0) is 36.2. The van der Waals surface area contributed by atoms with Crippen LogP contribution in [0.3, 0.4) is 0 Å². The number of unbranched alkanes of at least 4 members (excludes halogenated alkanes) is 20. The van der Waals surface area contributed by atoms with Crippen LogP contribution in [0.15, 0.2) is 0 Å². The number of likely N-dealkylation sites (tertiary alicyclic amines) is 1. The summed E-state index contributed by atoms with van der Waals surface area (Å²) < 4.78 is 11.6. The first-order chi connectivity index (χ1) is 24.6. The van der Waals surface area contributed by atoms with Crippen molar-refractivity contribution in [3.8, 4) is 0 Å².